The maximum atomic E-state index is 10.5. The summed E-state index contributed by atoms with van der Waals surface area (Å²) < 4.78 is 0. The Kier molecular flexibility index (Phi) is 7.80. The van der Waals surface area contributed by atoms with E-state index in [4.69, 9.17) is 11.6 Å². The van der Waals surface area contributed by atoms with E-state index in [1.54, 1.807) is 0 Å². The minimum Gasteiger partial charge on any atom is -0.372 e. The molecule has 0 fully saturated rings. The molecule has 0 aliphatic rings. The molecule has 0 saturated carbocycles. The molecule has 0 aromatic heterocycles. The van der Waals surface area contributed by atoms with E-state index >= 15 is 0 Å². The van der Waals surface area contributed by atoms with Gasteiger partial charge in [-0.1, -0.05) is 44.0 Å². The maximum absolute atomic E-state index is 10.5. The van der Waals surface area contributed by atoms with Gasteiger partial charge in [0.25, 0.3) is 0 Å². The van der Waals surface area contributed by atoms with Gasteiger partial charge in [-0.3, -0.25) is 5.32 Å². The molecule has 0 bridgehead atoms. The molecule has 0 radical (unpaired) electrons. The van der Waals surface area contributed by atoms with E-state index < -0.39 is 5.72 Å². The largest absolute Gasteiger partial charge is 0.372 e. The minimum absolute atomic E-state index is 0. The van der Waals surface area contributed by atoms with Crippen molar-refractivity contribution in [3.05, 3.63) is 34.9 Å². The summed E-state index contributed by atoms with van der Waals surface area (Å²) in [6, 6.07) is 7.38. The van der Waals surface area contributed by atoms with Crippen molar-refractivity contribution in [2.75, 3.05) is 6.54 Å². The molecule has 0 saturated heterocycles. The third kappa shape index (κ3) is 4.84. The molecular weight excluding hydrogens is 257 g/mol. The van der Waals surface area contributed by atoms with Crippen LogP contribution in [0, 0.1) is 0 Å². The lowest BCUT2D eigenvalue weighted by Crippen LogP contribution is -2.42. The van der Waals surface area contributed by atoms with Gasteiger partial charge < -0.3 is 5.11 Å². The summed E-state index contributed by atoms with van der Waals surface area (Å²) >= 11 is 5.93. The zero-order chi connectivity index (χ0) is 12.0. The number of unbranched alkanes of at least 4 members (excludes halogenated alkanes) is 1. The molecule has 17 heavy (non-hydrogen) atoms. The van der Waals surface area contributed by atoms with E-state index in [0.29, 0.717) is 11.4 Å². The number of nitrogens with one attached hydrogen (secondary N) is 1. The first-order valence-electron chi connectivity index (χ1n) is 5.86. The Morgan fingerprint density at radius 2 is 2.06 bits per heavy atom. The predicted octanol–water partition coefficient (Wildman–Crippen LogP) is 3.71. The molecule has 0 amide bonds. The van der Waals surface area contributed by atoms with Gasteiger partial charge in [-0.15, -0.1) is 12.4 Å². The van der Waals surface area contributed by atoms with E-state index in [0.717, 1.165) is 24.9 Å². The molecule has 0 heterocycles. The van der Waals surface area contributed by atoms with Crippen molar-refractivity contribution in [1.29, 1.82) is 0 Å². The van der Waals surface area contributed by atoms with Gasteiger partial charge in [0.2, 0.25) is 0 Å². The number of halogens is 2. The van der Waals surface area contributed by atoms with Gasteiger partial charge in [-0.25, -0.2) is 0 Å². The highest BCUT2D eigenvalue weighted by Gasteiger charge is 2.25. The lowest BCUT2D eigenvalue weighted by molar-refractivity contribution is -0.00362. The third-order valence-electron chi connectivity index (χ3n) is 2.76. The van der Waals surface area contributed by atoms with Crippen molar-refractivity contribution < 1.29 is 5.11 Å². The Morgan fingerprint density at radius 3 is 2.59 bits per heavy atom. The summed E-state index contributed by atoms with van der Waals surface area (Å²) in [5, 5.41) is 14.3. The number of hydrogen-bond donors (Lipinski definition) is 2. The van der Waals surface area contributed by atoms with Gasteiger partial charge in [0.05, 0.1) is 0 Å². The molecule has 1 aromatic carbocycles. The van der Waals surface area contributed by atoms with Crippen LogP contribution in [0.1, 0.15) is 38.7 Å². The van der Waals surface area contributed by atoms with Gasteiger partial charge in [-0.05, 0) is 37.1 Å². The van der Waals surface area contributed by atoms with Crippen molar-refractivity contribution >= 4 is 24.0 Å². The molecule has 2 N–H and O–H groups in total. The second-order valence-corrected chi connectivity index (χ2v) is 4.44. The number of aliphatic hydroxyl groups is 1. The van der Waals surface area contributed by atoms with Crippen LogP contribution in [0.3, 0.4) is 0 Å². The van der Waals surface area contributed by atoms with Crippen LogP contribution >= 0.6 is 24.0 Å². The highest BCUT2D eigenvalue weighted by Crippen LogP contribution is 2.24. The standard InChI is InChI=1S/C13H20ClNO.ClH/c1-3-5-9-15-13(16,4-2)11-7-6-8-12(14)10-11;/h6-8,10,15-16H,3-5,9H2,1-2H3;1H. The summed E-state index contributed by atoms with van der Waals surface area (Å²) in [6.45, 7) is 4.90. The number of rotatable bonds is 6. The van der Waals surface area contributed by atoms with Crippen LogP contribution in [0.15, 0.2) is 24.3 Å². The molecule has 0 aliphatic heterocycles. The van der Waals surface area contributed by atoms with E-state index in [-0.39, 0.29) is 12.4 Å². The van der Waals surface area contributed by atoms with Crippen LogP contribution in [0.4, 0.5) is 0 Å². The van der Waals surface area contributed by atoms with Gasteiger partial charge in [0.15, 0.2) is 0 Å². The Balaban J connectivity index is 0.00000256. The zero-order valence-corrected chi connectivity index (χ0v) is 11.9. The summed E-state index contributed by atoms with van der Waals surface area (Å²) in [7, 11) is 0. The molecule has 98 valence electrons. The lowest BCUT2D eigenvalue weighted by Gasteiger charge is -2.29. The molecule has 4 heteroatoms. The van der Waals surface area contributed by atoms with Crippen molar-refractivity contribution in [2.45, 2.75) is 38.8 Å². The van der Waals surface area contributed by atoms with Gasteiger partial charge in [0.1, 0.15) is 5.72 Å². The molecule has 0 aliphatic carbocycles. The molecular formula is C13H21Cl2NO. The first-order valence-corrected chi connectivity index (χ1v) is 6.23. The normalized spacial score (nSPS) is 13.9. The van der Waals surface area contributed by atoms with E-state index in [2.05, 4.69) is 12.2 Å². The molecule has 1 atom stereocenters. The fourth-order valence-corrected chi connectivity index (χ4v) is 1.84. The first-order chi connectivity index (χ1) is 7.62. The molecule has 0 spiro atoms. The Hall–Kier alpha value is -0.280. The van der Waals surface area contributed by atoms with Crippen LogP contribution in [0.2, 0.25) is 5.02 Å². The van der Waals surface area contributed by atoms with Gasteiger partial charge in [-0.2, -0.15) is 0 Å². The third-order valence-corrected chi connectivity index (χ3v) is 3.00. The number of benzene rings is 1. The lowest BCUT2D eigenvalue weighted by atomic mass is 10.00. The van der Waals surface area contributed by atoms with Crippen LogP contribution in [-0.4, -0.2) is 11.7 Å². The molecule has 1 unspecified atom stereocenters. The smallest absolute Gasteiger partial charge is 0.141 e. The highest BCUT2D eigenvalue weighted by molar-refractivity contribution is 6.30. The van der Waals surface area contributed by atoms with Crippen molar-refractivity contribution in [3.8, 4) is 0 Å². The topological polar surface area (TPSA) is 32.3 Å². The maximum Gasteiger partial charge on any atom is 0.141 e. The highest BCUT2D eigenvalue weighted by atomic mass is 35.5. The summed E-state index contributed by atoms with van der Waals surface area (Å²) in [6.07, 6.45) is 2.79. The van der Waals surface area contributed by atoms with Crippen molar-refractivity contribution in [2.24, 2.45) is 0 Å². The van der Waals surface area contributed by atoms with Gasteiger partial charge in [0, 0.05) is 5.02 Å². The SMILES string of the molecule is CCCCNC(O)(CC)c1cccc(Cl)c1.Cl. The second kappa shape index (κ2) is 7.93. The van der Waals surface area contributed by atoms with Crippen LogP contribution in [0.25, 0.3) is 0 Å². The Labute approximate surface area is 115 Å². The average molecular weight is 278 g/mol. The average Bonchev–Trinajstić information content (AvgIpc) is 2.29. The Morgan fingerprint density at radius 1 is 1.35 bits per heavy atom. The molecule has 1 rings (SSSR count). The first kappa shape index (κ1) is 16.7. The van der Waals surface area contributed by atoms with E-state index in [9.17, 15) is 5.11 Å². The quantitative estimate of drug-likeness (QED) is 0.614. The summed E-state index contributed by atoms with van der Waals surface area (Å²) in [5.41, 5.74) is -0.126. The minimum atomic E-state index is -0.958. The predicted molar refractivity (Wildman–Crippen MR) is 75.8 cm³/mol. The van der Waals surface area contributed by atoms with Crippen molar-refractivity contribution in [3.63, 3.8) is 0 Å². The van der Waals surface area contributed by atoms with Crippen LogP contribution in [0.5, 0.6) is 0 Å². The fraction of sp³-hybridized carbons (Fsp3) is 0.538. The van der Waals surface area contributed by atoms with E-state index in [1.807, 2.05) is 31.2 Å². The fourth-order valence-electron chi connectivity index (χ4n) is 1.65. The summed E-state index contributed by atoms with van der Waals surface area (Å²) in [5.74, 6) is 0. The van der Waals surface area contributed by atoms with Crippen molar-refractivity contribution in [1.82, 2.24) is 5.32 Å². The molecule has 1 aromatic rings. The van der Waals surface area contributed by atoms with Gasteiger partial charge >= 0.3 is 0 Å². The monoisotopic (exact) mass is 277 g/mol. The van der Waals surface area contributed by atoms with Crippen LogP contribution in [-0.2, 0) is 5.72 Å². The zero-order valence-electron chi connectivity index (χ0n) is 10.4. The number of hydrogen-bond acceptors (Lipinski definition) is 2. The van der Waals surface area contributed by atoms with Crippen LogP contribution < -0.4 is 5.32 Å². The molecule has 2 nitrogen and oxygen atoms in total. The van der Waals surface area contributed by atoms with E-state index in [1.165, 1.54) is 0 Å². The summed E-state index contributed by atoms with van der Waals surface area (Å²) in [4.78, 5) is 0. The Bertz CT molecular complexity index is 333. The second-order valence-electron chi connectivity index (χ2n) is 4.00.